The monoisotopic (exact) mass is 248 g/mol. The molecule has 0 heterocycles. The molecule has 0 aliphatic heterocycles. The molecule has 0 saturated heterocycles. The summed E-state index contributed by atoms with van der Waals surface area (Å²) in [7, 11) is 3.33. The largest absolute Gasteiger partial charge is 0.382 e. The van der Waals surface area contributed by atoms with Crippen molar-refractivity contribution in [2.75, 3.05) is 27.4 Å². The van der Waals surface area contributed by atoms with Gasteiger partial charge in [0.25, 0.3) is 0 Å². The zero-order chi connectivity index (χ0) is 13.4. The molecule has 2 unspecified atom stereocenters. The number of nitriles is 1. The summed E-state index contributed by atoms with van der Waals surface area (Å²) in [6, 6.07) is 9.93. The summed E-state index contributed by atoms with van der Waals surface area (Å²) in [6.07, 6.45) is 0.0385. The van der Waals surface area contributed by atoms with E-state index in [1.165, 1.54) is 0 Å². The van der Waals surface area contributed by atoms with Crippen molar-refractivity contribution in [1.29, 1.82) is 5.26 Å². The summed E-state index contributed by atoms with van der Waals surface area (Å²) in [4.78, 5) is 0. The summed E-state index contributed by atoms with van der Waals surface area (Å²) in [5.41, 5.74) is 1.78. The summed E-state index contributed by atoms with van der Waals surface area (Å²) in [5, 5.41) is 12.2. The molecule has 1 rings (SSSR count). The number of hydrogen-bond acceptors (Lipinski definition) is 4. The van der Waals surface area contributed by atoms with Crippen LogP contribution in [0.2, 0.25) is 0 Å². The fourth-order valence-corrected chi connectivity index (χ4v) is 1.70. The molecular weight excluding hydrogens is 228 g/mol. The van der Waals surface area contributed by atoms with Gasteiger partial charge in [-0.3, -0.25) is 0 Å². The van der Waals surface area contributed by atoms with E-state index >= 15 is 0 Å². The van der Waals surface area contributed by atoms with Crippen LogP contribution in [0, 0.1) is 11.3 Å². The van der Waals surface area contributed by atoms with Gasteiger partial charge in [0.2, 0.25) is 0 Å². The summed E-state index contributed by atoms with van der Waals surface area (Å²) in [5.74, 6) is 0. The molecule has 1 N–H and O–H groups in total. The molecule has 98 valence electrons. The van der Waals surface area contributed by atoms with Gasteiger partial charge in [0.15, 0.2) is 0 Å². The van der Waals surface area contributed by atoms with Crippen molar-refractivity contribution in [3.63, 3.8) is 0 Å². The van der Waals surface area contributed by atoms with Gasteiger partial charge < -0.3 is 14.8 Å². The predicted molar refractivity (Wildman–Crippen MR) is 70.2 cm³/mol. The third-order valence-electron chi connectivity index (χ3n) is 2.85. The van der Waals surface area contributed by atoms with E-state index in [1.54, 1.807) is 20.3 Å². The van der Waals surface area contributed by atoms with E-state index in [-0.39, 0.29) is 12.1 Å². The quantitative estimate of drug-likeness (QED) is 0.800. The second-order valence-electron chi connectivity index (χ2n) is 4.18. The van der Waals surface area contributed by atoms with Crippen LogP contribution >= 0.6 is 0 Å². The average Bonchev–Trinajstić information content (AvgIpc) is 2.43. The van der Waals surface area contributed by atoms with E-state index in [4.69, 9.17) is 14.7 Å². The van der Waals surface area contributed by atoms with Crippen LogP contribution in [0.3, 0.4) is 0 Å². The zero-order valence-corrected chi connectivity index (χ0v) is 11.1. The number of benzene rings is 1. The van der Waals surface area contributed by atoms with Gasteiger partial charge in [-0.25, -0.2) is 0 Å². The topological polar surface area (TPSA) is 54.3 Å². The minimum atomic E-state index is 0.0385. The van der Waals surface area contributed by atoms with E-state index in [0.29, 0.717) is 18.7 Å². The molecule has 0 aliphatic rings. The molecule has 0 radical (unpaired) electrons. The maximum atomic E-state index is 8.86. The maximum Gasteiger partial charge on any atom is 0.0991 e. The van der Waals surface area contributed by atoms with E-state index in [0.717, 1.165) is 5.56 Å². The van der Waals surface area contributed by atoms with Gasteiger partial charge in [-0.1, -0.05) is 12.1 Å². The first-order valence-electron chi connectivity index (χ1n) is 5.96. The van der Waals surface area contributed by atoms with Crippen LogP contribution in [-0.4, -0.2) is 33.5 Å². The standard InChI is InChI=1S/C14H20N2O2/c1-11(16-9-14(18-3)10-17-2)13-6-4-5-12(7-13)8-15/h4-7,11,14,16H,9-10H2,1-3H3. The number of methoxy groups -OCH3 is 2. The Balaban J connectivity index is 2.54. The van der Waals surface area contributed by atoms with E-state index in [1.807, 2.05) is 18.2 Å². The minimum Gasteiger partial charge on any atom is -0.382 e. The van der Waals surface area contributed by atoms with Gasteiger partial charge in [0.1, 0.15) is 0 Å². The van der Waals surface area contributed by atoms with Crippen molar-refractivity contribution in [2.24, 2.45) is 0 Å². The average molecular weight is 248 g/mol. The van der Waals surface area contributed by atoms with Crippen molar-refractivity contribution in [2.45, 2.75) is 19.1 Å². The summed E-state index contributed by atoms with van der Waals surface area (Å²) >= 11 is 0. The Bertz CT molecular complexity index is 401. The molecule has 18 heavy (non-hydrogen) atoms. The first-order chi connectivity index (χ1) is 8.71. The normalized spacial score (nSPS) is 13.9. The fourth-order valence-electron chi connectivity index (χ4n) is 1.70. The number of rotatable bonds is 7. The molecule has 2 atom stereocenters. The highest BCUT2D eigenvalue weighted by Gasteiger charge is 2.10. The smallest absolute Gasteiger partial charge is 0.0991 e. The maximum absolute atomic E-state index is 8.86. The summed E-state index contributed by atoms with van der Waals surface area (Å²) < 4.78 is 10.3. The Hall–Kier alpha value is -1.41. The lowest BCUT2D eigenvalue weighted by molar-refractivity contribution is 0.0276. The minimum absolute atomic E-state index is 0.0385. The van der Waals surface area contributed by atoms with Gasteiger partial charge in [-0.2, -0.15) is 5.26 Å². The van der Waals surface area contributed by atoms with Crippen LogP contribution in [0.15, 0.2) is 24.3 Å². The van der Waals surface area contributed by atoms with E-state index < -0.39 is 0 Å². The third kappa shape index (κ3) is 4.46. The zero-order valence-electron chi connectivity index (χ0n) is 11.1. The Morgan fingerprint density at radius 1 is 1.39 bits per heavy atom. The van der Waals surface area contributed by atoms with Crippen molar-refractivity contribution >= 4 is 0 Å². The Kier molecular flexibility index (Phi) is 6.37. The third-order valence-corrected chi connectivity index (χ3v) is 2.85. The molecule has 0 aromatic heterocycles. The molecule has 1 aromatic carbocycles. The highest BCUT2D eigenvalue weighted by molar-refractivity contribution is 5.33. The highest BCUT2D eigenvalue weighted by Crippen LogP contribution is 2.13. The summed E-state index contributed by atoms with van der Waals surface area (Å²) in [6.45, 7) is 3.34. The SMILES string of the molecule is COCC(CNC(C)c1cccc(C#N)c1)OC. The van der Waals surface area contributed by atoms with Gasteiger partial charge in [-0.15, -0.1) is 0 Å². The Morgan fingerprint density at radius 2 is 2.17 bits per heavy atom. The van der Waals surface area contributed by atoms with Crippen LogP contribution in [-0.2, 0) is 9.47 Å². The van der Waals surface area contributed by atoms with Crippen LogP contribution in [0.25, 0.3) is 0 Å². The first-order valence-corrected chi connectivity index (χ1v) is 5.96. The molecule has 4 nitrogen and oxygen atoms in total. The van der Waals surface area contributed by atoms with Gasteiger partial charge in [0, 0.05) is 26.8 Å². The molecule has 0 bridgehead atoms. The molecule has 0 saturated carbocycles. The number of ether oxygens (including phenoxy) is 2. The van der Waals surface area contributed by atoms with Crippen LogP contribution < -0.4 is 5.32 Å². The first kappa shape index (κ1) is 14.7. The lowest BCUT2D eigenvalue weighted by atomic mass is 10.1. The van der Waals surface area contributed by atoms with Crippen LogP contribution in [0.5, 0.6) is 0 Å². The molecule has 0 fully saturated rings. The van der Waals surface area contributed by atoms with Crippen molar-refractivity contribution < 1.29 is 9.47 Å². The fraction of sp³-hybridized carbons (Fsp3) is 0.500. The molecule has 4 heteroatoms. The Morgan fingerprint density at radius 3 is 2.78 bits per heavy atom. The highest BCUT2D eigenvalue weighted by atomic mass is 16.5. The van der Waals surface area contributed by atoms with Crippen LogP contribution in [0.4, 0.5) is 0 Å². The lowest BCUT2D eigenvalue weighted by Gasteiger charge is -2.19. The van der Waals surface area contributed by atoms with Gasteiger partial charge in [0.05, 0.1) is 24.3 Å². The van der Waals surface area contributed by atoms with E-state index in [2.05, 4.69) is 18.3 Å². The number of nitrogens with one attached hydrogen (secondary N) is 1. The van der Waals surface area contributed by atoms with Crippen LogP contribution in [0.1, 0.15) is 24.1 Å². The van der Waals surface area contributed by atoms with Crippen molar-refractivity contribution in [1.82, 2.24) is 5.32 Å². The second-order valence-corrected chi connectivity index (χ2v) is 4.18. The molecule has 0 aliphatic carbocycles. The number of hydrogen-bond donors (Lipinski definition) is 1. The van der Waals surface area contributed by atoms with Crippen molar-refractivity contribution in [3.8, 4) is 6.07 Å². The molecule has 0 amide bonds. The lowest BCUT2D eigenvalue weighted by Crippen LogP contribution is -2.33. The van der Waals surface area contributed by atoms with Gasteiger partial charge >= 0.3 is 0 Å². The molecule has 1 aromatic rings. The molecular formula is C14H20N2O2. The number of nitrogens with zero attached hydrogens (tertiary/aromatic N) is 1. The van der Waals surface area contributed by atoms with Gasteiger partial charge in [-0.05, 0) is 24.6 Å². The second kappa shape index (κ2) is 7.83. The molecule has 0 spiro atoms. The Labute approximate surface area is 109 Å². The van der Waals surface area contributed by atoms with E-state index in [9.17, 15) is 0 Å². The van der Waals surface area contributed by atoms with Crippen molar-refractivity contribution in [3.05, 3.63) is 35.4 Å². The predicted octanol–water partition coefficient (Wildman–Crippen LogP) is 1.87.